The molecule has 0 saturated carbocycles. The third-order valence-electron chi connectivity index (χ3n) is 5.62. The minimum Gasteiger partial charge on any atom is -0.361 e. The summed E-state index contributed by atoms with van der Waals surface area (Å²) >= 11 is 0. The number of para-hydroxylation sites is 1. The van der Waals surface area contributed by atoms with E-state index in [4.69, 9.17) is 5.21 Å². The van der Waals surface area contributed by atoms with Crippen LogP contribution in [0.4, 0.5) is 4.39 Å². The first-order valence-electron chi connectivity index (χ1n) is 9.83. The van der Waals surface area contributed by atoms with Gasteiger partial charge in [-0.25, -0.2) is 9.87 Å². The topological polar surface area (TPSA) is 68.4 Å². The molecule has 1 amide bonds. The van der Waals surface area contributed by atoms with Crippen LogP contribution in [-0.2, 0) is 17.8 Å². The molecular weight excluding hydrogens is 369 g/mol. The van der Waals surface area contributed by atoms with Crippen LogP contribution in [0.5, 0.6) is 0 Å². The van der Waals surface area contributed by atoms with Gasteiger partial charge in [0.1, 0.15) is 5.82 Å². The normalized spacial score (nSPS) is 17.4. The molecule has 1 aromatic heterocycles. The first kappa shape index (κ1) is 19.4. The van der Waals surface area contributed by atoms with Crippen molar-refractivity contribution in [1.82, 2.24) is 15.4 Å². The average Bonchev–Trinajstić information content (AvgIpc) is 3.35. The van der Waals surface area contributed by atoms with Gasteiger partial charge in [-0.2, -0.15) is 0 Å². The number of likely N-dealkylation sites (tertiary alicyclic amines) is 1. The number of fused-ring (bicyclic) bond motifs is 1. The molecule has 1 aliphatic rings. The highest BCUT2D eigenvalue weighted by atomic mass is 19.1. The van der Waals surface area contributed by atoms with Gasteiger partial charge in [0.15, 0.2) is 0 Å². The number of rotatable bonds is 6. The molecule has 2 heterocycles. The zero-order chi connectivity index (χ0) is 20.2. The van der Waals surface area contributed by atoms with Crippen molar-refractivity contribution in [1.29, 1.82) is 0 Å². The van der Waals surface area contributed by atoms with E-state index in [0.29, 0.717) is 23.7 Å². The number of nitrogens with one attached hydrogen (secondary N) is 2. The van der Waals surface area contributed by atoms with Gasteiger partial charge >= 0.3 is 0 Å². The summed E-state index contributed by atoms with van der Waals surface area (Å²) in [5, 5.41) is 9.77. The van der Waals surface area contributed by atoms with E-state index in [0.717, 1.165) is 37.4 Å². The van der Waals surface area contributed by atoms with Crippen LogP contribution >= 0.6 is 0 Å². The van der Waals surface area contributed by atoms with Crippen molar-refractivity contribution >= 4 is 22.9 Å². The maximum Gasteiger partial charge on any atom is 0.267 e. The number of carbonyl (C=O) groups excluding carboxylic acids is 1. The Morgan fingerprint density at radius 2 is 2.14 bits per heavy atom. The highest BCUT2D eigenvalue weighted by Gasteiger charge is 2.26. The number of H-pyrrole nitrogens is 1. The number of hydrogen-bond donors (Lipinski definition) is 3. The molecule has 0 bridgehead atoms. The quantitative estimate of drug-likeness (QED) is 0.336. The molecule has 1 saturated heterocycles. The van der Waals surface area contributed by atoms with E-state index in [1.54, 1.807) is 12.1 Å². The Bertz CT molecular complexity index is 1040. The van der Waals surface area contributed by atoms with Crippen LogP contribution < -0.4 is 5.48 Å². The predicted molar refractivity (Wildman–Crippen MR) is 111 cm³/mol. The molecule has 29 heavy (non-hydrogen) atoms. The lowest BCUT2D eigenvalue weighted by Gasteiger charge is -2.24. The number of halogens is 1. The molecule has 150 valence electrons. The van der Waals surface area contributed by atoms with Gasteiger partial charge in [0.05, 0.1) is 0 Å². The Kier molecular flexibility index (Phi) is 5.74. The number of aromatic amines is 1. The molecule has 0 unspecified atom stereocenters. The number of hydroxylamine groups is 1. The highest BCUT2D eigenvalue weighted by Crippen LogP contribution is 2.27. The van der Waals surface area contributed by atoms with E-state index >= 15 is 0 Å². The number of amides is 1. The molecule has 1 fully saturated rings. The maximum atomic E-state index is 14.6. The number of benzene rings is 2. The van der Waals surface area contributed by atoms with Crippen LogP contribution in [0.1, 0.15) is 29.5 Å². The lowest BCUT2D eigenvalue weighted by Crippen LogP contribution is -2.31. The Morgan fingerprint density at radius 3 is 2.97 bits per heavy atom. The maximum absolute atomic E-state index is 14.6. The van der Waals surface area contributed by atoms with E-state index in [-0.39, 0.29) is 5.82 Å². The van der Waals surface area contributed by atoms with Crippen LogP contribution in [-0.4, -0.2) is 33.6 Å². The second-order valence-electron chi connectivity index (χ2n) is 7.49. The molecular formula is C23H24FN3O2. The Labute approximate surface area is 168 Å². The van der Waals surface area contributed by atoms with Gasteiger partial charge in [-0.05, 0) is 55.1 Å². The number of aromatic nitrogens is 1. The lowest BCUT2D eigenvalue weighted by molar-refractivity contribution is -0.124. The smallest absolute Gasteiger partial charge is 0.267 e. The van der Waals surface area contributed by atoms with E-state index < -0.39 is 5.91 Å². The summed E-state index contributed by atoms with van der Waals surface area (Å²) in [5.41, 5.74) is 5.20. The van der Waals surface area contributed by atoms with Crippen molar-refractivity contribution in [3.63, 3.8) is 0 Å². The van der Waals surface area contributed by atoms with Crippen molar-refractivity contribution in [2.45, 2.75) is 31.8 Å². The zero-order valence-electron chi connectivity index (χ0n) is 16.1. The van der Waals surface area contributed by atoms with Crippen LogP contribution in [0.2, 0.25) is 0 Å². The molecule has 6 heteroatoms. The standard InChI is InChI=1S/C23H24FN3O2/c24-21-12-16(8-10-23(28)26-29)7-9-17(21)15-27-11-3-4-19(27)13-18-14-25-22-6-2-1-5-20(18)22/h1-2,5-10,12,14,19,25,29H,3-4,11,13,15H2,(H,26,28)/b10-8+/t19-/m0/s1. The molecule has 0 aliphatic carbocycles. The molecule has 1 atom stereocenters. The third-order valence-corrected chi connectivity index (χ3v) is 5.62. The van der Waals surface area contributed by atoms with Gasteiger partial charge in [0, 0.05) is 41.3 Å². The summed E-state index contributed by atoms with van der Waals surface area (Å²) in [5.74, 6) is -0.930. The number of nitrogens with zero attached hydrogens (tertiary/aromatic N) is 1. The molecule has 1 aliphatic heterocycles. The first-order chi connectivity index (χ1) is 14.1. The summed E-state index contributed by atoms with van der Waals surface area (Å²) in [4.78, 5) is 16.8. The summed E-state index contributed by atoms with van der Waals surface area (Å²) < 4.78 is 14.6. The van der Waals surface area contributed by atoms with Crippen LogP contribution in [0, 0.1) is 5.82 Å². The first-order valence-corrected chi connectivity index (χ1v) is 9.83. The molecule has 2 aromatic carbocycles. The van der Waals surface area contributed by atoms with Crippen molar-refractivity contribution in [3.05, 3.63) is 77.2 Å². The summed E-state index contributed by atoms with van der Waals surface area (Å²) in [7, 11) is 0. The van der Waals surface area contributed by atoms with Gasteiger partial charge in [-0.15, -0.1) is 0 Å². The van der Waals surface area contributed by atoms with Crippen LogP contribution in [0.3, 0.4) is 0 Å². The minimum absolute atomic E-state index is 0.283. The second-order valence-corrected chi connectivity index (χ2v) is 7.49. The number of hydrogen-bond acceptors (Lipinski definition) is 3. The second kappa shape index (κ2) is 8.59. The van der Waals surface area contributed by atoms with Gasteiger partial charge in [0.25, 0.3) is 5.91 Å². The van der Waals surface area contributed by atoms with Crippen molar-refractivity contribution < 1.29 is 14.4 Å². The molecule has 5 nitrogen and oxygen atoms in total. The third kappa shape index (κ3) is 4.39. The Balaban J connectivity index is 1.45. The molecule has 0 radical (unpaired) electrons. The van der Waals surface area contributed by atoms with Crippen LogP contribution in [0.15, 0.2) is 54.7 Å². The highest BCUT2D eigenvalue weighted by molar-refractivity contribution is 5.90. The van der Waals surface area contributed by atoms with E-state index in [1.165, 1.54) is 28.6 Å². The Morgan fingerprint density at radius 1 is 1.28 bits per heavy atom. The van der Waals surface area contributed by atoms with Gasteiger partial charge < -0.3 is 4.98 Å². The number of carbonyl (C=O) groups is 1. The van der Waals surface area contributed by atoms with Crippen LogP contribution in [0.25, 0.3) is 17.0 Å². The van der Waals surface area contributed by atoms with Gasteiger partial charge in [-0.3, -0.25) is 14.9 Å². The largest absolute Gasteiger partial charge is 0.361 e. The molecule has 3 N–H and O–H groups in total. The van der Waals surface area contributed by atoms with Crippen molar-refractivity contribution in [3.8, 4) is 0 Å². The summed E-state index contributed by atoms with van der Waals surface area (Å²) in [6.45, 7) is 1.53. The van der Waals surface area contributed by atoms with Gasteiger partial charge in [0.2, 0.25) is 0 Å². The lowest BCUT2D eigenvalue weighted by atomic mass is 10.0. The average molecular weight is 393 g/mol. The molecule has 4 rings (SSSR count). The summed E-state index contributed by atoms with van der Waals surface area (Å²) in [6.07, 6.45) is 7.89. The zero-order valence-corrected chi connectivity index (χ0v) is 16.1. The molecule has 0 spiro atoms. The fraction of sp³-hybridized carbons (Fsp3) is 0.261. The van der Waals surface area contributed by atoms with Gasteiger partial charge in [-0.1, -0.05) is 30.3 Å². The van der Waals surface area contributed by atoms with E-state index in [2.05, 4.69) is 34.3 Å². The Hall–Kier alpha value is -2.96. The van der Waals surface area contributed by atoms with E-state index in [9.17, 15) is 9.18 Å². The minimum atomic E-state index is -0.647. The predicted octanol–water partition coefficient (Wildman–Crippen LogP) is 4.03. The molecule has 3 aromatic rings. The SMILES string of the molecule is O=C(/C=C/c1ccc(CN2CCC[C@H]2Cc2c[nH]c3ccccc23)c(F)c1)NO. The monoisotopic (exact) mass is 393 g/mol. The van der Waals surface area contributed by atoms with Crippen molar-refractivity contribution in [2.24, 2.45) is 0 Å². The fourth-order valence-electron chi connectivity index (χ4n) is 4.11. The van der Waals surface area contributed by atoms with Crippen molar-refractivity contribution in [2.75, 3.05) is 6.54 Å². The fourth-order valence-corrected chi connectivity index (χ4v) is 4.11. The summed E-state index contributed by atoms with van der Waals surface area (Å²) in [6, 6.07) is 13.7. The van der Waals surface area contributed by atoms with E-state index in [1.807, 2.05) is 6.07 Å².